The Morgan fingerprint density at radius 3 is 2.29 bits per heavy atom. The molecule has 31 heavy (non-hydrogen) atoms. The summed E-state index contributed by atoms with van der Waals surface area (Å²) in [6.07, 6.45) is -1.59. The van der Waals surface area contributed by atoms with Gasteiger partial charge in [-0.2, -0.15) is 13.2 Å². The van der Waals surface area contributed by atoms with Crippen molar-refractivity contribution in [3.8, 4) is 11.4 Å². The number of aryl methyl sites for hydroxylation is 1. The fraction of sp³-hybridized carbons (Fsp3) is 0.190. The van der Waals surface area contributed by atoms with Crippen LogP contribution in [0.25, 0.3) is 11.4 Å². The quantitative estimate of drug-likeness (QED) is 0.598. The highest BCUT2D eigenvalue weighted by Gasteiger charge is 2.32. The van der Waals surface area contributed by atoms with Crippen LogP contribution < -0.4 is 0 Å². The predicted molar refractivity (Wildman–Crippen MR) is 106 cm³/mol. The van der Waals surface area contributed by atoms with E-state index in [1.54, 1.807) is 6.92 Å². The van der Waals surface area contributed by atoms with Gasteiger partial charge in [-0.1, -0.05) is 19.1 Å². The lowest BCUT2D eigenvalue weighted by Gasteiger charge is -2.15. The van der Waals surface area contributed by atoms with Crippen LogP contribution in [0.5, 0.6) is 0 Å². The highest BCUT2D eigenvalue weighted by atomic mass is 32.2. The molecule has 3 rings (SSSR count). The van der Waals surface area contributed by atoms with Crippen LogP contribution in [-0.2, 0) is 28.2 Å². The average Bonchev–Trinajstić information content (AvgIpc) is 2.73. The van der Waals surface area contributed by atoms with Crippen molar-refractivity contribution in [2.75, 3.05) is 0 Å². The average molecular weight is 450 g/mol. The first-order valence-corrected chi connectivity index (χ1v) is 10.7. The normalized spacial score (nSPS) is 12.0. The molecule has 0 radical (unpaired) electrons. The number of sulfone groups is 1. The van der Waals surface area contributed by atoms with E-state index in [1.165, 1.54) is 30.6 Å². The summed E-state index contributed by atoms with van der Waals surface area (Å²) in [6, 6.07) is 7.97. The second-order valence-corrected chi connectivity index (χ2v) is 8.64. The van der Waals surface area contributed by atoms with Gasteiger partial charge in [0.25, 0.3) is 0 Å². The van der Waals surface area contributed by atoms with Crippen molar-refractivity contribution in [2.45, 2.75) is 30.2 Å². The molecule has 0 amide bonds. The molecule has 0 unspecified atom stereocenters. The largest absolute Gasteiger partial charge is 0.478 e. The van der Waals surface area contributed by atoms with E-state index in [0.717, 1.165) is 24.3 Å². The number of benzene rings is 2. The highest BCUT2D eigenvalue weighted by molar-refractivity contribution is 7.90. The monoisotopic (exact) mass is 450 g/mol. The molecule has 0 saturated heterocycles. The Kier molecular flexibility index (Phi) is 6.12. The van der Waals surface area contributed by atoms with Gasteiger partial charge in [-0.3, -0.25) is 0 Å². The molecule has 0 saturated carbocycles. The van der Waals surface area contributed by atoms with E-state index in [1.807, 2.05) is 0 Å². The van der Waals surface area contributed by atoms with Gasteiger partial charge in [-0.25, -0.2) is 23.2 Å². The molecule has 1 heterocycles. The zero-order chi connectivity index (χ0) is 22.8. The first-order valence-electron chi connectivity index (χ1n) is 9.09. The zero-order valence-corrected chi connectivity index (χ0v) is 17.0. The molecule has 1 N–H and O–H groups in total. The van der Waals surface area contributed by atoms with Gasteiger partial charge in [0.15, 0.2) is 15.7 Å². The molecule has 0 aliphatic heterocycles. The number of carboxylic acid groups (broad SMARTS) is 1. The van der Waals surface area contributed by atoms with E-state index in [0.29, 0.717) is 12.0 Å². The van der Waals surface area contributed by atoms with Crippen LogP contribution in [0.4, 0.5) is 13.2 Å². The third-order valence-electron chi connectivity index (χ3n) is 4.61. The Hall–Kier alpha value is -3.27. The molecule has 0 bridgehead atoms. The van der Waals surface area contributed by atoms with Gasteiger partial charge in [0, 0.05) is 18.0 Å². The summed E-state index contributed by atoms with van der Waals surface area (Å²) in [5, 5.41) is 9.21. The molecule has 0 fully saturated rings. The van der Waals surface area contributed by atoms with Crippen LogP contribution in [0.15, 0.2) is 59.8 Å². The van der Waals surface area contributed by atoms with Crippen LogP contribution >= 0.6 is 0 Å². The molecule has 3 aromatic rings. The minimum Gasteiger partial charge on any atom is -0.478 e. The Morgan fingerprint density at radius 2 is 1.71 bits per heavy atom. The summed E-state index contributed by atoms with van der Waals surface area (Å²) in [5.41, 5.74) is -0.860. The first kappa shape index (κ1) is 22.4. The third-order valence-corrected chi connectivity index (χ3v) is 6.36. The summed E-state index contributed by atoms with van der Waals surface area (Å²) in [4.78, 5) is 19.1. The number of hydrogen-bond donors (Lipinski definition) is 1. The minimum absolute atomic E-state index is 0.0800. The predicted octanol–water partition coefficient (Wildman–Crippen LogP) is 4.40. The molecule has 0 aliphatic rings. The molecule has 2 aromatic carbocycles. The van der Waals surface area contributed by atoms with Gasteiger partial charge in [-0.05, 0) is 47.9 Å². The number of rotatable bonds is 6. The molecular weight excluding hydrogens is 433 g/mol. The molecule has 10 heteroatoms. The highest BCUT2D eigenvalue weighted by Crippen LogP contribution is 2.34. The maximum atomic E-state index is 13.3. The zero-order valence-electron chi connectivity index (χ0n) is 16.2. The molecular formula is C21H17F3N2O4S. The lowest BCUT2D eigenvalue weighted by atomic mass is 10.0. The van der Waals surface area contributed by atoms with E-state index < -0.39 is 33.3 Å². The van der Waals surface area contributed by atoms with Crippen LogP contribution in [0.3, 0.4) is 0 Å². The summed E-state index contributed by atoms with van der Waals surface area (Å²) < 4.78 is 66.2. The smallest absolute Gasteiger partial charge is 0.416 e. The van der Waals surface area contributed by atoms with Gasteiger partial charge >= 0.3 is 12.1 Å². The van der Waals surface area contributed by atoms with Gasteiger partial charge in [0.05, 0.1) is 21.8 Å². The molecule has 0 spiro atoms. The van der Waals surface area contributed by atoms with Crippen molar-refractivity contribution in [1.82, 2.24) is 9.97 Å². The molecule has 1 aromatic heterocycles. The summed E-state index contributed by atoms with van der Waals surface area (Å²) in [6.45, 7) is 1.70. The van der Waals surface area contributed by atoms with E-state index in [2.05, 4.69) is 9.97 Å². The van der Waals surface area contributed by atoms with E-state index in [4.69, 9.17) is 0 Å². The number of carboxylic acids is 1. The van der Waals surface area contributed by atoms with Crippen molar-refractivity contribution in [2.24, 2.45) is 0 Å². The Bertz CT molecular complexity index is 1230. The lowest BCUT2D eigenvalue weighted by molar-refractivity contribution is -0.137. The molecule has 0 atom stereocenters. The second kappa shape index (κ2) is 8.46. The molecule has 162 valence electrons. The van der Waals surface area contributed by atoms with Crippen LogP contribution in [-0.4, -0.2) is 29.5 Å². The van der Waals surface area contributed by atoms with Crippen LogP contribution in [0.2, 0.25) is 0 Å². The summed E-state index contributed by atoms with van der Waals surface area (Å²) in [7, 11) is -4.19. The summed E-state index contributed by atoms with van der Waals surface area (Å²) in [5.74, 6) is -2.01. The van der Waals surface area contributed by atoms with Gasteiger partial charge in [0.1, 0.15) is 0 Å². The minimum atomic E-state index is -4.67. The lowest BCUT2D eigenvalue weighted by Crippen LogP contribution is -2.12. The van der Waals surface area contributed by atoms with Crippen LogP contribution in [0, 0.1) is 0 Å². The fourth-order valence-electron chi connectivity index (χ4n) is 3.10. The third kappa shape index (κ3) is 4.91. The number of alkyl halides is 3. The first-order chi connectivity index (χ1) is 14.5. The van der Waals surface area contributed by atoms with Crippen molar-refractivity contribution in [3.63, 3.8) is 0 Å². The number of halogens is 3. The summed E-state index contributed by atoms with van der Waals surface area (Å²) >= 11 is 0. The fourth-order valence-corrected chi connectivity index (χ4v) is 4.82. The van der Waals surface area contributed by atoms with Gasteiger partial charge < -0.3 is 5.11 Å². The maximum Gasteiger partial charge on any atom is 0.416 e. The Labute approximate surface area is 176 Å². The standard InChI is InChI=1S/C21H17F3N2O4S/c1-2-13-4-5-14(20(27)28)11-18(13)31(29,30)12-15-10-16(21(22,23)24)6-7-17(15)19-25-8-3-9-26-19/h3-11H,2,12H2,1H3,(H,27,28). The maximum absolute atomic E-state index is 13.3. The number of aromatic carboxylic acids is 1. The number of hydrogen-bond acceptors (Lipinski definition) is 5. The van der Waals surface area contributed by atoms with Crippen molar-refractivity contribution in [3.05, 3.63) is 77.1 Å². The van der Waals surface area contributed by atoms with Gasteiger partial charge in [0.2, 0.25) is 0 Å². The van der Waals surface area contributed by atoms with E-state index >= 15 is 0 Å². The number of carbonyl (C=O) groups is 1. The number of aromatic nitrogens is 2. The Morgan fingerprint density at radius 1 is 1.03 bits per heavy atom. The second-order valence-electron chi connectivity index (χ2n) is 6.68. The molecule has 0 aliphatic carbocycles. The van der Waals surface area contributed by atoms with Crippen LogP contribution in [0.1, 0.15) is 34.0 Å². The molecule has 6 nitrogen and oxygen atoms in total. The van der Waals surface area contributed by atoms with E-state index in [-0.39, 0.29) is 27.4 Å². The van der Waals surface area contributed by atoms with Crippen molar-refractivity contribution < 1.29 is 31.5 Å². The topological polar surface area (TPSA) is 97.2 Å². The van der Waals surface area contributed by atoms with Gasteiger partial charge in [-0.15, -0.1) is 0 Å². The van der Waals surface area contributed by atoms with Crippen molar-refractivity contribution >= 4 is 15.8 Å². The van der Waals surface area contributed by atoms with E-state index in [9.17, 15) is 31.5 Å². The SMILES string of the molecule is CCc1ccc(C(=O)O)cc1S(=O)(=O)Cc1cc(C(F)(F)F)ccc1-c1ncccn1. The van der Waals surface area contributed by atoms with Crippen molar-refractivity contribution in [1.29, 1.82) is 0 Å². The number of nitrogens with zero attached hydrogens (tertiary/aromatic N) is 2. The Balaban J connectivity index is 2.17.